The summed E-state index contributed by atoms with van der Waals surface area (Å²) in [4.78, 5) is 10.2. The third kappa shape index (κ3) is 4.52. The second-order valence-electron chi connectivity index (χ2n) is 5.39. The van der Waals surface area contributed by atoms with E-state index in [0.29, 0.717) is 11.1 Å². The van der Waals surface area contributed by atoms with Crippen molar-refractivity contribution >= 4 is 21.2 Å². The van der Waals surface area contributed by atoms with Gasteiger partial charge in [-0.2, -0.15) is 0 Å². The van der Waals surface area contributed by atoms with Crippen molar-refractivity contribution in [1.82, 2.24) is 0 Å². The normalized spacial score (nSPS) is 11.3. The molecule has 7 nitrogen and oxygen atoms in total. The number of nitrogens with one attached hydrogen (secondary N) is 1. The molecule has 0 aliphatic heterocycles. The lowest BCUT2D eigenvalue weighted by Crippen LogP contribution is -2.08. The van der Waals surface area contributed by atoms with Gasteiger partial charge in [0, 0.05) is 25.5 Å². The molecule has 0 bridgehead atoms. The number of benzene rings is 2. The fourth-order valence-electron chi connectivity index (χ4n) is 2.35. The Labute approximate surface area is 144 Å². The van der Waals surface area contributed by atoms with Gasteiger partial charge in [-0.15, -0.1) is 0 Å². The Bertz CT molecular complexity index is 899. The standard InChI is InChI=1S/C16H17FN2O5S/c1-24-10-12-8-11(6-7-13(12)17)9-18-14-4-3-5-15(25(2,22)23)16(14)19(20)21/h3-8,18H,9-10H2,1-2H3. The number of methoxy groups -OCH3 is 1. The summed E-state index contributed by atoms with van der Waals surface area (Å²) in [6.45, 7) is 0.258. The molecule has 0 saturated carbocycles. The van der Waals surface area contributed by atoms with Crippen LogP contribution in [0.4, 0.5) is 15.8 Å². The number of ether oxygens (including phenoxy) is 1. The van der Waals surface area contributed by atoms with E-state index in [-0.39, 0.29) is 23.7 Å². The molecule has 0 heterocycles. The van der Waals surface area contributed by atoms with E-state index in [1.165, 1.54) is 37.4 Å². The summed E-state index contributed by atoms with van der Waals surface area (Å²) in [5.41, 5.74) is 0.600. The van der Waals surface area contributed by atoms with Gasteiger partial charge in [0.2, 0.25) is 0 Å². The Balaban J connectivity index is 2.33. The first-order chi connectivity index (χ1) is 11.7. The number of nitro groups is 1. The van der Waals surface area contributed by atoms with Crippen molar-refractivity contribution in [1.29, 1.82) is 0 Å². The number of sulfone groups is 1. The molecule has 0 aliphatic carbocycles. The summed E-state index contributed by atoms with van der Waals surface area (Å²) in [6, 6.07) is 8.44. The van der Waals surface area contributed by atoms with Crippen molar-refractivity contribution < 1.29 is 22.5 Å². The zero-order valence-corrected chi connectivity index (χ0v) is 14.5. The first-order valence-electron chi connectivity index (χ1n) is 7.21. The van der Waals surface area contributed by atoms with E-state index < -0.39 is 26.3 Å². The maximum Gasteiger partial charge on any atom is 0.310 e. The van der Waals surface area contributed by atoms with Gasteiger partial charge in [0.25, 0.3) is 0 Å². The lowest BCUT2D eigenvalue weighted by molar-refractivity contribution is -0.386. The van der Waals surface area contributed by atoms with E-state index in [1.807, 2.05) is 0 Å². The van der Waals surface area contributed by atoms with Crippen LogP contribution in [0.1, 0.15) is 11.1 Å². The summed E-state index contributed by atoms with van der Waals surface area (Å²) in [5.74, 6) is -0.407. The minimum atomic E-state index is -3.75. The molecule has 9 heteroatoms. The third-order valence-corrected chi connectivity index (χ3v) is 4.60. The van der Waals surface area contributed by atoms with Gasteiger partial charge in [-0.3, -0.25) is 10.1 Å². The molecule has 0 aromatic heterocycles. The number of rotatable bonds is 7. The summed E-state index contributed by atoms with van der Waals surface area (Å²) < 4.78 is 42.0. The van der Waals surface area contributed by atoms with Crippen LogP contribution in [0.2, 0.25) is 0 Å². The molecular formula is C16H17FN2O5S. The number of nitrogens with zero attached hydrogens (tertiary/aromatic N) is 1. The number of nitro benzene ring substituents is 1. The van der Waals surface area contributed by atoms with E-state index in [0.717, 1.165) is 6.26 Å². The molecule has 2 aromatic carbocycles. The quantitative estimate of drug-likeness (QED) is 0.596. The number of anilines is 1. The van der Waals surface area contributed by atoms with E-state index in [4.69, 9.17) is 4.74 Å². The smallest absolute Gasteiger partial charge is 0.310 e. The van der Waals surface area contributed by atoms with Crippen LogP contribution in [0.15, 0.2) is 41.3 Å². The van der Waals surface area contributed by atoms with Crippen LogP contribution in [-0.4, -0.2) is 26.7 Å². The number of para-hydroxylation sites is 1. The van der Waals surface area contributed by atoms with Crippen molar-refractivity contribution in [2.45, 2.75) is 18.0 Å². The Morgan fingerprint density at radius 1 is 1.28 bits per heavy atom. The van der Waals surface area contributed by atoms with E-state index in [2.05, 4.69) is 5.32 Å². The summed E-state index contributed by atoms with van der Waals surface area (Å²) in [6.07, 6.45) is 0.913. The minimum absolute atomic E-state index is 0.0746. The molecule has 134 valence electrons. The molecule has 2 aromatic rings. The second-order valence-corrected chi connectivity index (χ2v) is 7.38. The van der Waals surface area contributed by atoms with Crippen LogP contribution >= 0.6 is 0 Å². The molecule has 0 aliphatic rings. The first kappa shape index (κ1) is 18.8. The molecular weight excluding hydrogens is 351 g/mol. The SMILES string of the molecule is COCc1cc(CNc2cccc(S(C)(=O)=O)c2[N+](=O)[O-])ccc1F. The van der Waals surface area contributed by atoms with Gasteiger partial charge >= 0.3 is 5.69 Å². The van der Waals surface area contributed by atoms with Crippen LogP contribution in [-0.2, 0) is 27.7 Å². The van der Waals surface area contributed by atoms with Crippen LogP contribution in [0.3, 0.4) is 0 Å². The van der Waals surface area contributed by atoms with E-state index in [1.54, 1.807) is 6.07 Å². The van der Waals surface area contributed by atoms with Gasteiger partial charge in [0.15, 0.2) is 9.84 Å². The fraction of sp³-hybridized carbons (Fsp3) is 0.250. The van der Waals surface area contributed by atoms with Crippen LogP contribution in [0.25, 0.3) is 0 Å². The maximum absolute atomic E-state index is 13.6. The molecule has 0 amide bonds. The molecule has 0 spiro atoms. The largest absolute Gasteiger partial charge is 0.380 e. The molecule has 0 atom stereocenters. The molecule has 0 radical (unpaired) electrons. The van der Waals surface area contributed by atoms with Gasteiger partial charge in [0.05, 0.1) is 11.5 Å². The third-order valence-electron chi connectivity index (χ3n) is 3.47. The predicted molar refractivity (Wildman–Crippen MR) is 90.6 cm³/mol. The van der Waals surface area contributed by atoms with E-state index in [9.17, 15) is 22.9 Å². The van der Waals surface area contributed by atoms with Crippen molar-refractivity contribution in [3.63, 3.8) is 0 Å². The zero-order valence-electron chi connectivity index (χ0n) is 13.7. The molecule has 25 heavy (non-hydrogen) atoms. The Morgan fingerprint density at radius 3 is 2.60 bits per heavy atom. The Kier molecular flexibility index (Phi) is 5.70. The van der Waals surface area contributed by atoms with Crippen molar-refractivity contribution in [3.8, 4) is 0 Å². The van der Waals surface area contributed by atoms with Crippen LogP contribution in [0.5, 0.6) is 0 Å². The highest BCUT2D eigenvalue weighted by molar-refractivity contribution is 7.90. The molecule has 0 unspecified atom stereocenters. The molecule has 0 fully saturated rings. The monoisotopic (exact) mass is 368 g/mol. The van der Waals surface area contributed by atoms with Crippen LogP contribution < -0.4 is 5.32 Å². The topological polar surface area (TPSA) is 98.5 Å². The van der Waals surface area contributed by atoms with Gasteiger partial charge in [-0.25, -0.2) is 12.8 Å². The summed E-state index contributed by atoms with van der Waals surface area (Å²) in [5, 5.41) is 14.2. The van der Waals surface area contributed by atoms with Gasteiger partial charge in [-0.1, -0.05) is 12.1 Å². The average Bonchev–Trinajstić information content (AvgIpc) is 2.54. The summed E-state index contributed by atoms with van der Waals surface area (Å²) in [7, 11) is -2.30. The zero-order chi connectivity index (χ0) is 18.6. The van der Waals surface area contributed by atoms with E-state index >= 15 is 0 Å². The average molecular weight is 368 g/mol. The highest BCUT2D eigenvalue weighted by atomic mass is 32.2. The summed E-state index contributed by atoms with van der Waals surface area (Å²) >= 11 is 0. The van der Waals surface area contributed by atoms with Gasteiger partial charge in [0.1, 0.15) is 16.4 Å². The van der Waals surface area contributed by atoms with Crippen LogP contribution in [0, 0.1) is 15.9 Å². The first-order valence-corrected chi connectivity index (χ1v) is 9.10. The highest BCUT2D eigenvalue weighted by Crippen LogP contribution is 2.32. The molecule has 0 saturated heterocycles. The second kappa shape index (κ2) is 7.58. The van der Waals surface area contributed by atoms with Crippen molar-refractivity contribution in [2.24, 2.45) is 0 Å². The highest BCUT2D eigenvalue weighted by Gasteiger charge is 2.25. The number of halogens is 1. The lowest BCUT2D eigenvalue weighted by atomic mass is 10.1. The van der Waals surface area contributed by atoms with Crippen molar-refractivity contribution in [2.75, 3.05) is 18.7 Å². The van der Waals surface area contributed by atoms with Gasteiger partial charge < -0.3 is 10.1 Å². The molecule has 2 rings (SSSR count). The van der Waals surface area contributed by atoms with Gasteiger partial charge in [-0.05, 0) is 29.8 Å². The minimum Gasteiger partial charge on any atom is -0.380 e. The number of hydrogen-bond donors (Lipinski definition) is 1. The number of hydrogen-bond acceptors (Lipinski definition) is 6. The Morgan fingerprint density at radius 2 is 2.00 bits per heavy atom. The maximum atomic E-state index is 13.6. The molecule has 1 N–H and O–H groups in total. The predicted octanol–water partition coefficient (Wildman–Crippen LogP) is 2.90. The fourth-order valence-corrected chi connectivity index (χ4v) is 3.22. The Hall–Kier alpha value is -2.52. The lowest BCUT2D eigenvalue weighted by Gasteiger charge is -2.11. The van der Waals surface area contributed by atoms with Crippen molar-refractivity contribution in [3.05, 3.63) is 63.5 Å².